The van der Waals surface area contributed by atoms with E-state index in [-0.39, 0.29) is 5.91 Å². The van der Waals surface area contributed by atoms with Gasteiger partial charge in [-0.25, -0.2) is 4.98 Å². The van der Waals surface area contributed by atoms with E-state index in [0.717, 1.165) is 49.0 Å². The number of thiazole rings is 1. The van der Waals surface area contributed by atoms with Crippen molar-refractivity contribution in [2.45, 2.75) is 31.8 Å². The molecule has 25 heavy (non-hydrogen) atoms. The second-order valence-corrected chi connectivity index (χ2v) is 7.94. The van der Waals surface area contributed by atoms with E-state index in [9.17, 15) is 4.79 Å². The van der Waals surface area contributed by atoms with Gasteiger partial charge in [-0.3, -0.25) is 14.4 Å². The molecule has 8 heteroatoms. The molecule has 0 radical (unpaired) electrons. The SMILES string of the molecule is Cc1nc(CN2CCC(Nc3ccnn3C)(C(=O)N(C)C)CC2)cs1. The minimum Gasteiger partial charge on any atom is -0.356 e. The lowest BCUT2D eigenvalue weighted by atomic mass is 9.85. The highest BCUT2D eigenvalue weighted by Gasteiger charge is 2.42. The van der Waals surface area contributed by atoms with Gasteiger partial charge in [-0.05, 0) is 19.8 Å². The maximum Gasteiger partial charge on any atom is 0.247 e. The van der Waals surface area contributed by atoms with Crippen LogP contribution in [0, 0.1) is 6.92 Å². The lowest BCUT2D eigenvalue weighted by Crippen LogP contribution is -2.58. The zero-order chi connectivity index (χ0) is 18.0. The van der Waals surface area contributed by atoms with Gasteiger partial charge in [0.1, 0.15) is 11.4 Å². The molecule has 0 bridgehead atoms. The Labute approximate surface area is 152 Å². The molecule has 3 rings (SSSR count). The largest absolute Gasteiger partial charge is 0.356 e. The van der Waals surface area contributed by atoms with Crippen molar-refractivity contribution < 1.29 is 4.79 Å². The minimum atomic E-state index is -0.578. The summed E-state index contributed by atoms with van der Waals surface area (Å²) >= 11 is 1.69. The van der Waals surface area contributed by atoms with Crippen molar-refractivity contribution in [3.63, 3.8) is 0 Å². The van der Waals surface area contributed by atoms with Gasteiger partial charge in [0.05, 0.1) is 16.9 Å². The molecule has 3 heterocycles. The molecule has 0 atom stereocenters. The highest BCUT2D eigenvalue weighted by molar-refractivity contribution is 7.09. The summed E-state index contributed by atoms with van der Waals surface area (Å²) < 4.78 is 1.77. The van der Waals surface area contributed by atoms with E-state index in [1.54, 1.807) is 27.1 Å². The zero-order valence-electron chi connectivity index (χ0n) is 15.3. The number of nitrogens with zero attached hydrogens (tertiary/aromatic N) is 5. The molecule has 2 aromatic heterocycles. The summed E-state index contributed by atoms with van der Waals surface area (Å²) in [6, 6.07) is 1.91. The van der Waals surface area contributed by atoms with Crippen LogP contribution < -0.4 is 5.32 Å². The van der Waals surface area contributed by atoms with Gasteiger partial charge >= 0.3 is 0 Å². The molecule has 136 valence electrons. The van der Waals surface area contributed by atoms with Crippen LogP contribution >= 0.6 is 11.3 Å². The van der Waals surface area contributed by atoms with Crippen LogP contribution in [0.4, 0.5) is 5.82 Å². The molecule has 1 amide bonds. The molecule has 1 aliphatic rings. The quantitative estimate of drug-likeness (QED) is 0.877. The third-order valence-corrected chi connectivity index (χ3v) is 5.59. The molecule has 7 nitrogen and oxygen atoms in total. The summed E-state index contributed by atoms with van der Waals surface area (Å²) in [5.41, 5.74) is 0.541. The van der Waals surface area contributed by atoms with Crippen LogP contribution in [0.3, 0.4) is 0 Å². The number of aryl methyl sites for hydroxylation is 2. The number of rotatable bonds is 5. The highest BCUT2D eigenvalue weighted by Crippen LogP contribution is 2.29. The Balaban J connectivity index is 1.72. The van der Waals surface area contributed by atoms with Crippen molar-refractivity contribution in [2.75, 3.05) is 32.5 Å². The number of likely N-dealkylation sites (tertiary alicyclic amines) is 1. The third kappa shape index (κ3) is 3.85. The van der Waals surface area contributed by atoms with Gasteiger partial charge in [0.2, 0.25) is 5.91 Å². The van der Waals surface area contributed by atoms with Crippen LogP contribution in [-0.4, -0.2) is 63.2 Å². The second-order valence-electron chi connectivity index (χ2n) is 6.88. The molecular formula is C17H26N6OS. The number of anilines is 1. The Morgan fingerprint density at radius 2 is 2.12 bits per heavy atom. The van der Waals surface area contributed by atoms with Crippen LogP contribution in [0.1, 0.15) is 23.5 Å². The molecule has 1 N–H and O–H groups in total. The summed E-state index contributed by atoms with van der Waals surface area (Å²) in [6.07, 6.45) is 3.27. The van der Waals surface area contributed by atoms with Crippen molar-refractivity contribution in [1.82, 2.24) is 24.6 Å². The molecule has 1 saturated heterocycles. The average molecular weight is 363 g/mol. The molecule has 0 spiro atoms. The Morgan fingerprint density at radius 1 is 1.40 bits per heavy atom. The predicted octanol–water partition coefficient (Wildman–Crippen LogP) is 1.72. The van der Waals surface area contributed by atoms with Gasteiger partial charge in [0.15, 0.2) is 0 Å². The number of carbonyl (C=O) groups is 1. The maximum absolute atomic E-state index is 12.9. The van der Waals surface area contributed by atoms with E-state index in [1.165, 1.54) is 0 Å². The molecule has 0 saturated carbocycles. The first kappa shape index (κ1) is 17.9. The first-order valence-electron chi connectivity index (χ1n) is 8.51. The van der Waals surface area contributed by atoms with Gasteiger partial charge in [0.25, 0.3) is 0 Å². The van der Waals surface area contributed by atoms with Crippen molar-refractivity contribution >= 4 is 23.1 Å². The van der Waals surface area contributed by atoms with Gasteiger partial charge in [0, 0.05) is 52.2 Å². The normalized spacial score (nSPS) is 17.4. The van der Waals surface area contributed by atoms with Crippen molar-refractivity contribution in [1.29, 1.82) is 0 Å². The van der Waals surface area contributed by atoms with Gasteiger partial charge in [-0.2, -0.15) is 5.10 Å². The number of hydrogen-bond acceptors (Lipinski definition) is 6. The van der Waals surface area contributed by atoms with Crippen molar-refractivity contribution in [2.24, 2.45) is 7.05 Å². The third-order valence-electron chi connectivity index (χ3n) is 4.77. The van der Waals surface area contributed by atoms with Crippen LogP contribution in [-0.2, 0) is 18.4 Å². The summed E-state index contributed by atoms with van der Waals surface area (Å²) in [7, 11) is 5.52. The predicted molar refractivity (Wildman–Crippen MR) is 99.6 cm³/mol. The number of nitrogens with one attached hydrogen (secondary N) is 1. The molecule has 2 aromatic rings. The number of aromatic nitrogens is 3. The molecule has 0 aromatic carbocycles. The van der Waals surface area contributed by atoms with Crippen LogP contribution in [0.2, 0.25) is 0 Å². The topological polar surface area (TPSA) is 66.3 Å². The second kappa shape index (κ2) is 7.13. The van der Waals surface area contributed by atoms with Crippen LogP contribution in [0.15, 0.2) is 17.6 Å². The number of hydrogen-bond donors (Lipinski definition) is 1. The maximum atomic E-state index is 12.9. The van der Waals surface area contributed by atoms with E-state index in [2.05, 4.69) is 25.7 Å². The summed E-state index contributed by atoms with van der Waals surface area (Å²) in [4.78, 5) is 21.5. The molecule has 0 unspecified atom stereocenters. The number of likely N-dealkylation sites (N-methyl/N-ethyl adjacent to an activating group) is 1. The lowest BCUT2D eigenvalue weighted by Gasteiger charge is -2.42. The van der Waals surface area contributed by atoms with Crippen LogP contribution in [0.5, 0.6) is 0 Å². The van der Waals surface area contributed by atoms with E-state index < -0.39 is 5.54 Å². The number of piperidine rings is 1. The smallest absolute Gasteiger partial charge is 0.247 e. The Kier molecular flexibility index (Phi) is 5.10. The Morgan fingerprint density at radius 3 is 2.64 bits per heavy atom. The number of amides is 1. The fourth-order valence-electron chi connectivity index (χ4n) is 3.36. The average Bonchev–Trinajstić information content (AvgIpc) is 3.17. The fourth-order valence-corrected chi connectivity index (χ4v) is 3.97. The van der Waals surface area contributed by atoms with E-state index in [4.69, 9.17) is 0 Å². The molecule has 1 aliphatic heterocycles. The van der Waals surface area contributed by atoms with Crippen molar-refractivity contribution in [3.05, 3.63) is 28.3 Å². The van der Waals surface area contributed by atoms with E-state index in [1.807, 2.05) is 34.1 Å². The number of carbonyl (C=O) groups excluding carboxylic acids is 1. The monoisotopic (exact) mass is 362 g/mol. The van der Waals surface area contributed by atoms with Crippen LogP contribution in [0.25, 0.3) is 0 Å². The first-order chi connectivity index (χ1) is 11.9. The molecular weight excluding hydrogens is 336 g/mol. The standard InChI is InChI=1S/C17H26N6OS/c1-13-19-14(12-25-13)11-23-9-6-17(7-10-23,16(24)21(2)3)20-15-5-8-18-22(15)4/h5,8,12,20H,6-7,9-11H2,1-4H3. The van der Waals surface area contributed by atoms with Gasteiger partial charge in [-0.1, -0.05) is 0 Å². The van der Waals surface area contributed by atoms with E-state index >= 15 is 0 Å². The van der Waals surface area contributed by atoms with Gasteiger partial charge < -0.3 is 10.2 Å². The van der Waals surface area contributed by atoms with Gasteiger partial charge in [-0.15, -0.1) is 11.3 Å². The summed E-state index contributed by atoms with van der Waals surface area (Å²) in [5, 5.41) is 10.9. The minimum absolute atomic E-state index is 0.123. The highest BCUT2D eigenvalue weighted by atomic mass is 32.1. The Bertz CT molecular complexity index is 729. The fraction of sp³-hybridized carbons (Fsp3) is 0.588. The van der Waals surface area contributed by atoms with E-state index in [0.29, 0.717) is 0 Å². The van der Waals surface area contributed by atoms with Crippen molar-refractivity contribution in [3.8, 4) is 0 Å². The first-order valence-corrected chi connectivity index (χ1v) is 9.39. The Hall–Kier alpha value is -1.93. The zero-order valence-corrected chi connectivity index (χ0v) is 16.1. The molecule has 0 aliphatic carbocycles. The summed E-state index contributed by atoms with van der Waals surface area (Å²) in [6.45, 7) is 4.60. The molecule has 1 fully saturated rings. The summed E-state index contributed by atoms with van der Waals surface area (Å²) in [5.74, 6) is 0.997. The lowest BCUT2D eigenvalue weighted by molar-refractivity contribution is -0.135.